The molecule has 0 aliphatic heterocycles. The molecule has 0 unspecified atom stereocenters. The normalized spacial score (nSPS) is 10.5. The molecule has 0 atom stereocenters. The first-order valence-corrected chi connectivity index (χ1v) is 3.45. The van der Waals surface area contributed by atoms with Crippen LogP contribution in [0.15, 0.2) is 11.6 Å². The monoisotopic (exact) mass is 153 g/mol. The van der Waals surface area contributed by atoms with Gasteiger partial charge in [0.05, 0.1) is 12.7 Å². The van der Waals surface area contributed by atoms with Crippen LogP contribution in [0.5, 0.6) is 0 Å². The highest BCUT2D eigenvalue weighted by Gasteiger charge is 2.02. The van der Waals surface area contributed by atoms with Crippen molar-refractivity contribution in [1.82, 2.24) is 0 Å². The van der Waals surface area contributed by atoms with Crippen molar-refractivity contribution in [2.24, 2.45) is 0 Å². The molecule has 3 heteroatoms. The van der Waals surface area contributed by atoms with Crippen LogP contribution in [0.2, 0.25) is 0 Å². The summed E-state index contributed by atoms with van der Waals surface area (Å²) in [6, 6.07) is 1.76. The van der Waals surface area contributed by atoms with Crippen molar-refractivity contribution in [2.75, 3.05) is 6.61 Å². The Morgan fingerprint density at radius 1 is 1.73 bits per heavy atom. The number of carbonyl (C=O) groups excluding carboxylic acids is 1. The van der Waals surface area contributed by atoms with Crippen LogP contribution in [0, 0.1) is 11.3 Å². The van der Waals surface area contributed by atoms with Gasteiger partial charge in [0.2, 0.25) is 0 Å². The molecule has 0 fully saturated rings. The van der Waals surface area contributed by atoms with Gasteiger partial charge in [-0.15, -0.1) is 0 Å². The summed E-state index contributed by atoms with van der Waals surface area (Å²) in [5.74, 6) is -0.409. The molecule has 0 aromatic carbocycles. The SMILES string of the molecule is CCCOC(=O)/C(C)=C/C#N. The molecule has 0 aliphatic carbocycles. The number of ether oxygens (including phenoxy) is 1. The lowest BCUT2D eigenvalue weighted by molar-refractivity contribution is -0.138. The maximum atomic E-state index is 10.9. The highest BCUT2D eigenvalue weighted by molar-refractivity contribution is 5.88. The minimum absolute atomic E-state index is 0.348. The van der Waals surface area contributed by atoms with Crippen LogP contribution < -0.4 is 0 Å². The van der Waals surface area contributed by atoms with Crippen LogP contribution in [0.3, 0.4) is 0 Å². The molecule has 0 aromatic heterocycles. The van der Waals surface area contributed by atoms with E-state index in [0.717, 1.165) is 6.42 Å². The second-order valence-corrected chi connectivity index (χ2v) is 2.09. The lowest BCUT2D eigenvalue weighted by Gasteiger charge is -2.00. The maximum Gasteiger partial charge on any atom is 0.334 e. The third kappa shape index (κ3) is 4.15. The van der Waals surface area contributed by atoms with Gasteiger partial charge in [-0.1, -0.05) is 6.92 Å². The maximum absolute atomic E-state index is 10.9. The van der Waals surface area contributed by atoms with Gasteiger partial charge in [0.15, 0.2) is 0 Å². The third-order valence-corrected chi connectivity index (χ3v) is 1.04. The first-order valence-electron chi connectivity index (χ1n) is 3.45. The van der Waals surface area contributed by atoms with E-state index >= 15 is 0 Å². The van der Waals surface area contributed by atoms with Crippen molar-refractivity contribution < 1.29 is 9.53 Å². The van der Waals surface area contributed by atoms with Crippen LogP contribution in [-0.2, 0) is 9.53 Å². The van der Waals surface area contributed by atoms with Gasteiger partial charge in [0.1, 0.15) is 0 Å². The van der Waals surface area contributed by atoms with Crippen molar-refractivity contribution >= 4 is 5.97 Å². The van der Waals surface area contributed by atoms with E-state index in [1.165, 1.54) is 6.08 Å². The van der Waals surface area contributed by atoms with Crippen LogP contribution in [0.4, 0.5) is 0 Å². The molecule has 0 aliphatic rings. The van der Waals surface area contributed by atoms with Crippen LogP contribution in [0.25, 0.3) is 0 Å². The quantitative estimate of drug-likeness (QED) is 0.350. The van der Waals surface area contributed by atoms with E-state index in [9.17, 15) is 4.79 Å². The molecule has 0 amide bonds. The Morgan fingerprint density at radius 2 is 2.36 bits per heavy atom. The summed E-state index contributed by atoms with van der Waals surface area (Å²) >= 11 is 0. The Labute approximate surface area is 66.3 Å². The fourth-order valence-electron chi connectivity index (χ4n) is 0.464. The average molecular weight is 153 g/mol. The molecule has 0 bridgehead atoms. The predicted octanol–water partition coefficient (Wildman–Crippen LogP) is 1.41. The van der Waals surface area contributed by atoms with Crippen molar-refractivity contribution in [2.45, 2.75) is 20.3 Å². The summed E-state index contributed by atoms with van der Waals surface area (Å²) in [5, 5.41) is 8.18. The lowest BCUT2D eigenvalue weighted by Crippen LogP contribution is -2.05. The van der Waals surface area contributed by atoms with Gasteiger partial charge < -0.3 is 4.74 Å². The number of rotatable bonds is 3. The summed E-state index contributed by atoms with van der Waals surface area (Å²) in [7, 11) is 0. The molecule has 0 heterocycles. The van der Waals surface area contributed by atoms with E-state index in [1.807, 2.05) is 6.92 Å². The van der Waals surface area contributed by atoms with Crippen LogP contribution >= 0.6 is 0 Å². The van der Waals surface area contributed by atoms with E-state index in [-0.39, 0.29) is 0 Å². The third-order valence-electron chi connectivity index (χ3n) is 1.04. The second-order valence-electron chi connectivity index (χ2n) is 2.09. The fraction of sp³-hybridized carbons (Fsp3) is 0.500. The van der Waals surface area contributed by atoms with E-state index in [4.69, 9.17) is 10.00 Å². The number of hydrogen-bond donors (Lipinski definition) is 0. The molecular formula is C8H11NO2. The molecular weight excluding hydrogens is 142 g/mol. The van der Waals surface area contributed by atoms with E-state index < -0.39 is 5.97 Å². The highest BCUT2D eigenvalue weighted by Crippen LogP contribution is 1.95. The van der Waals surface area contributed by atoms with Gasteiger partial charge in [-0.05, 0) is 13.3 Å². The molecule has 0 N–H and O–H groups in total. The Morgan fingerprint density at radius 3 is 2.82 bits per heavy atom. The molecule has 0 rings (SSSR count). The van der Waals surface area contributed by atoms with Crippen molar-refractivity contribution in [1.29, 1.82) is 5.26 Å². The molecule has 60 valence electrons. The van der Waals surface area contributed by atoms with Gasteiger partial charge in [-0.2, -0.15) is 5.26 Å². The number of allylic oxidation sites excluding steroid dienone is 1. The molecule has 3 nitrogen and oxygen atoms in total. The molecule has 0 radical (unpaired) electrons. The highest BCUT2D eigenvalue weighted by atomic mass is 16.5. The standard InChI is InChI=1S/C8H11NO2/c1-3-6-11-8(10)7(2)4-5-9/h4H,3,6H2,1-2H3/b7-4+. The Hall–Kier alpha value is -1.30. The molecule has 0 aromatic rings. The predicted molar refractivity (Wildman–Crippen MR) is 40.6 cm³/mol. The summed E-state index contributed by atoms with van der Waals surface area (Å²) < 4.78 is 4.75. The van der Waals surface area contributed by atoms with Gasteiger partial charge >= 0.3 is 5.97 Å². The zero-order valence-electron chi connectivity index (χ0n) is 6.76. The van der Waals surface area contributed by atoms with Gasteiger partial charge in [0.25, 0.3) is 0 Å². The first-order chi connectivity index (χ1) is 5.22. The minimum atomic E-state index is -0.409. The van der Waals surface area contributed by atoms with E-state index in [0.29, 0.717) is 12.2 Å². The number of carbonyl (C=O) groups is 1. The van der Waals surface area contributed by atoms with E-state index in [2.05, 4.69) is 0 Å². The molecule has 0 saturated heterocycles. The summed E-state index contributed by atoms with van der Waals surface area (Å²) in [5.41, 5.74) is 0.348. The summed E-state index contributed by atoms with van der Waals surface area (Å²) in [4.78, 5) is 10.9. The first kappa shape index (κ1) is 9.70. The van der Waals surface area contributed by atoms with Gasteiger partial charge in [-0.25, -0.2) is 4.79 Å². The number of nitriles is 1. The van der Waals surface area contributed by atoms with Crippen LogP contribution in [-0.4, -0.2) is 12.6 Å². The smallest absolute Gasteiger partial charge is 0.334 e. The topological polar surface area (TPSA) is 50.1 Å². The molecule has 11 heavy (non-hydrogen) atoms. The fourth-order valence-corrected chi connectivity index (χ4v) is 0.464. The number of hydrogen-bond acceptors (Lipinski definition) is 3. The van der Waals surface area contributed by atoms with Crippen LogP contribution in [0.1, 0.15) is 20.3 Å². The lowest BCUT2D eigenvalue weighted by atomic mass is 10.3. The minimum Gasteiger partial charge on any atom is -0.462 e. The number of nitrogens with zero attached hydrogens (tertiary/aromatic N) is 1. The van der Waals surface area contributed by atoms with Gasteiger partial charge in [0, 0.05) is 11.6 Å². The summed E-state index contributed by atoms with van der Waals surface area (Å²) in [6.45, 7) is 3.88. The largest absolute Gasteiger partial charge is 0.462 e. The zero-order chi connectivity index (χ0) is 8.69. The molecule has 0 saturated carbocycles. The molecule has 0 spiro atoms. The van der Waals surface area contributed by atoms with Gasteiger partial charge in [-0.3, -0.25) is 0 Å². The number of esters is 1. The Bertz CT molecular complexity index is 201. The van der Waals surface area contributed by atoms with Crippen molar-refractivity contribution in [3.63, 3.8) is 0 Å². The summed E-state index contributed by atoms with van der Waals surface area (Å²) in [6.07, 6.45) is 1.98. The average Bonchev–Trinajstić information content (AvgIpc) is 2.00. The Balaban J connectivity index is 3.86. The zero-order valence-corrected chi connectivity index (χ0v) is 6.76. The van der Waals surface area contributed by atoms with Crippen molar-refractivity contribution in [3.8, 4) is 6.07 Å². The second kappa shape index (κ2) is 5.48. The van der Waals surface area contributed by atoms with E-state index in [1.54, 1.807) is 13.0 Å². The Kier molecular flexibility index (Phi) is 4.83. The van der Waals surface area contributed by atoms with Crippen molar-refractivity contribution in [3.05, 3.63) is 11.6 Å².